The first-order chi connectivity index (χ1) is 6.54. The summed E-state index contributed by atoms with van der Waals surface area (Å²) in [5.41, 5.74) is 0. The highest BCUT2D eigenvalue weighted by Gasteiger charge is 2.32. The highest BCUT2D eigenvalue weighted by molar-refractivity contribution is 6.21. The molecular weight excluding hydrogens is 202 g/mol. The zero-order valence-corrected chi connectivity index (χ0v) is 9.38. The third-order valence-electron chi connectivity index (χ3n) is 2.66. The maximum atomic E-state index is 11.3. The van der Waals surface area contributed by atoms with Crippen LogP contribution in [-0.2, 0) is 9.59 Å². The topological polar surface area (TPSA) is 37.4 Å². The number of alkyl halides is 1. The van der Waals surface area contributed by atoms with Gasteiger partial charge in [0.25, 0.3) is 0 Å². The first-order valence-corrected chi connectivity index (χ1v) is 5.42. The van der Waals surface area contributed by atoms with Gasteiger partial charge in [-0.05, 0) is 12.8 Å². The lowest BCUT2D eigenvalue weighted by Gasteiger charge is -2.34. The summed E-state index contributed by atoms with van der Waals surface area (Å²) in [5.74, 6) is -0.398. The van der Waals surface area contributed by atoms with Crippen molar-refractivity contribution in [3.63, 3.8) is 0 Å². The van der Waals surface area contributed by atoms with Crippen molar-refractivity contribution in [2.45, 2.75) is 50.9 Å². The van der Waals surface area contributed by atoms with Gasteiger partial charge in [0.05, 0.1) is 11.4 Å². The summed E-state index contributed by atoms with van der Waals surface area (Å²) in [6, 6.07) is -0.0968. The fourth-order valence-corrected chi connectivity index (χ4v) is 2.44. The summed E-state index contributed by atoms with van der Waals surface area (Å²) < 4.78 is 0. The second-order valence-corrected chi connectivity index (χ2v) is 4.34. The first-order valence-electron chi connectivity index (χ1n) is 4.98. The average Bonchev–Trinajstić information content (AvgIpc) is 2.07. The number of carbonyl (C=O) groups excluding carboxylic acids is 2. The second kappa shape index (κ2) is 4.78. The molecule has 0 bridgehead atoms. The van der Waals surface area contributed by atoms with Gasteiger partial charge in [0.2, 0.25) is 11.8 Å². The SMILES string of the molecule is CC(=O)N(C(C)=O)[C@@H]1CCCC[C@H]1Cl. The van der Waals surface area contributed by atoms with Gasteiger partial charge in [-0.2, -0.15) is 0 Å². The zero-order valence-electron chi connectivity index (χ0n) is 8.62. The molecule has 1 aliphatic carbocycles. The Morgan fingerprint density at radius 1 is 1.14 bits per heavy atom. The summed E-state index contributed by atoms with van der Waals surface area (Å²) in [6.07, 6.45) is 3.87. The van der Waals surface area contributed by atoms with Crippen LogP contribution in [0.15, 0.2) is 0 Å². The van der Waals surface area contributed by atoms with E-state index in [-0.39, 0.29) is 23.2 Å². The standard InChI is InChI=1S/C10H16ClNO2/c1-7(13)12(8(2)14)10-6-4-3-5-9(10)11/h9-10H,3-6H2,1-2H3/t9-,10-/m1/s1. The van der Waals surface area contributed by atoms with Gasteiger partial charge in [0.15, 0.2) is 0 Å². The number of imide groups is 1. The first kappa shape index (κ1) is 11.5. The van der Waals surface area contributed by atoms with E-state index in [0.717, 1.165) is 25.7 Å². The molecule has 4 heteroatoms. The fraction of sp³-hybridized carbons (Fsp3) is 0.800. The normalized spacial score (nSPS) is 27.1. The molecule has 3 nitrogen and oxygen atoms in total. The summed E-state index contributed by atoms with van der Waals surface area (Å²) in [6.45, 7) is 2.83. The van der Waals surface area contributed by atoms with Crippen LogP contribution in [0.4, 0.5) is 0 Å². The van der Waals surface area contributed by atoms with E-state index in [0.29, 0.717) is 0 Å². The smallest absolute Gasteiger partial charge is 0.226 e. The van der Waals surface area contributed by atoms with Gasteiger partial charge in [-0.1, -0.05) is 12.8 Å². The Morgan fingerprint density at radius 2 is 1.64 bits per heavy atom. The third kappa shape index (κ3) is 2.47. The molecule has 0 aromatic carbocycles. The van der Waals surface area contributed by atoms with Gasteiger partial charge < -0.3 is 0 Å². The summed E-state index contributed by atoms with van der Waals surface area (Å²) in [5, 5.41) is -0.0726. The average molecular weight is 218 g/mol. The molecule has 0 aromatic heterocycles. The van der Waals surface area contributed by atoms with E-state index in [1.807, 2.05) is 0 Å². The zero-order chi connectivity index (χ0) is 10.7. The van der Waals surface area contributed by atoms with Crippen molar-refractivity contribution in [2.75, 3.05) is 0 Å². The van der Waals surface area contributed by atoms with Crippen molar-refractivity contribution in [1.82, 2.24) is 4.90 Å². The predicted molar refractivity (Wildman–Crippen MR) is 55.1 cm³/mol. The molecule has 2 atom stereocenters. The lowest BCUT2D eigenvalue weighted by atomic mass is 9.93. The Kier molecular flexibility index (Phi) is 3.93. The number of hydrogen-bond donors (Lipinski definition) is 0. The van der Waals surface area contributed by atoms with E-state index in [9.17, 15) is 9.59 Å². The molecule has 14 heavy (non-hydrogen) atoms. The van der Waals surface area contributed by atoms with Gasteiger partial charge in [-0.3, -0.25) is 14.5 Å². The molecule has 0 aliphatic heterocycles. The Labute approximate surface area is 89.4 Å². The molecule has 0 heterocycles. The van der Waals surface area contributed by atoms with E-state index in [4.69, 9.17) is 11.6 Å². The van der Waals surface area contributed by atoms with Crippen LogP contribution < -0.4 is 0 Å². The molecule has 1 fully saturated rings. The molecule has 0 spiro atoms. The van der Waals surface area contributed by atoms with Crippen molar-refractivity contribution in [2.24, 2.45) is 0 Å². The highest BCUT2D eigenvalue weighted by Crippen LogP contribution is 2.27. The molecule has 2 amide bonds. The number of nitrogens with zero attached hydrogens (tertiary/aromatic N) is 1. The molecule has 0 radical (unpaired) electrons. The Morgan fingerprint density at radius 3 is 2.07 bits per heavy atom. The Balaban J connectivity index is 2.75. The minimum absolute atomic E-state index is 0.0726. The van der Waals surface area contributed by atoms with Gasteiger partial charge in [-0.15, -0.1) is 11.6 Å². The molecule has 1 rings (SSSR count). The molecule has 1 saturated carbocycles. The van der Waals surface area contributed by atoms with Crippen LogP contribution in [0.5, 0.6) is 0 Å². The summed E-state index contributed by atoms with van der Waals surface area (Å²) >= 11 is 6.12. The van der Waals surface area contributed by atoms with Crippen LogP contribution in [0.3, 0.4) is 0 Å². The van der Waals surface area contributed by atoms with Gasteiger partial charge in [-0.25, -0.2) is 0 Å². The number of rotatable bonds is 1. The predicted octanol–water partition coefficient (Wildman–Crippen LogP) is 1.93. The minimum Gasteiger partial charge on any atom is -0.279 e. The van der Waals surface area contributed by atoms with Crippen LogP contribution in [0.1, 0.15) is 39.5 Å². The summed E-state index contributed by atoms with van der Waals surface area (Å²) in [7, 11) is 0. The number of hydrogen-bond acceptors (Lipinski definition) is 2. The van der Waals surface area contributed by atoms with E-state index < -0.39 is 0 Å². The van der Waals surface area contributed by atoms with Crippen LogP contribution >= 0.6 is 11.6 Å². The van der Waals surface area contributed by atoms with Crippen molar-refractivity contribution >= 4 is 23.4 Å². The monoisotopic (exact) mass is 217 g/mol. The van der Waals surface area contributed by atoms with E-state index in [2.05, 4.69) is 0 Å². The molecule has 80 valence electrons. The molecule has 0 unspecified atom stereocenters. The minimum atomic E-state index is -0.199. The number of amides is 2. The van der Waals surface area contributed by atoms with Crippen molar-refractivity contribution < 1.29 is 9.59 Å². The van der Waals surface area contributed by atoms with E-state index in [1.54, 1.807) is 0 Å². The Hall–Kier alpha value is -0.570. The van der Waals surface area contributed by atoms with Crippen molar-refractivity contribution in [1.29, 1.82) is 0 Å². The third-order valence-corrected chi connectivity index (χ3v) is 3.17. The van der Waals surface area contributed by atoms with Crippen molar-refractivity contribution in [3.8, 4) is 0 Å². The number of halogens is 1. The largest absolute Gasteiger partial charge is 0.279 e. The Bertz CT molecular complexity index is 228. The quantitative estimate of drug-likeness (QED) is 0.630. The van der Waals surface area contributed by atoms with E-state index in [1.165, 1.54) is 18.7 Å². The number of carbonyl (C=O) groups is 2. The molecule has 0 aromatic rings. The molecule has 0 N–H and O–H groups in total. The van der Waals surface area contributed by atoms with Gasteiger partial charge >= 0.3 is 0 Å². The van der Waals surface area contributed by atoms with E-state index >= 15 is 0 Å². The molecule has 1 aliphatic rings. The maximum absolute atomic E-state index is 11.3. The maximum Gasteiger partial charge on any atom is 0.226 e. The van der Waals surface area contributed by atoms with Crippen molar-refractivity contribution in [3.05, 3.63) is 0 Å². The fourth-order valence-electron chi connectivity index (χ4n) is 2.05. The lowest BCUT2D eigenvalue weighted by Crippen LogP contribution is -2.48. The summed E-state index contributed by atoms with van der Waals surface area (Å²) in [4.78, 5) is 23.9. The van der Waals surface area contributed by atoms with Gasteiger partial charge in [0, 0.05) is 13.8 Å². The van der Waals surface area contributed by atoms with Crippen LogP contribution in [0.2, 0.25) is 0 Å². The highest BCUT2D eigenvalue weighted by atomic mass is 35.5. The van der Waals surface area contributed by atoms with Gasteiger partial charge in [0.1, 0.15) is 0 Å². The molecule has 0 saturated heterocycles. The molecular formula is C10H16ClNO2. The van der Waals surface area contributed by atoms with Crippen LogP contribution in [-0.4, -0.2) is 28.1 Å². The lowest BCUT2D eigenvalue weighted by molar-refractivity contribution is -0.145. The second-order valence-electron chi connectivity index (χ2n) is 3.78. The van der Waals surface area contributed by atoms with Crippen LogP contribution in [0, 0.1) is 0 Å². The van der Waals surface area contributed by atoms with Crippen LogP contribution in [0.25, 0.3) is 0 Å².